The van der Waals surface area contributed by atoms with Gasteiger partial charge in [-0.15, -0.1) is 4.48 Å². The predicted octanol–water partition coefficient (Wildman–Crippen LogP) is 2.43. The van der Waals surface area contributed by atoms with E-state index in [2.05, 4.69) is 0 Å². The summed E-state index contributed by atoms with van der Waals surface area (Å²) < 4.78 is 22.3. The van der Waals surface area contributed by atoms with Crippen molar-refractivity contribution in [3.05, 3.63) is 0 Å². The lowest BCUT2D eigenvalue weighted by Crippen LogP contribution is -2.05. The first-order valence-electron chi connectivity index (χ1n) is 3.18. The zero-order valence-corrected chi connectivity index (χ0v) is 7.41. The Labute approximate surface area is 62.0 Å². The molecule has 0 aliphatic heterocycles. The lowest BCUT2D eigenvalue weighted by molar-refractivity contribution is 0.0977. The molecule has 3 heteroatoms. The highest BCUT2D eigenvalue weighted by Gasteiger charge is 2.06. The van der Waals surface area contributed by atoms with Crippen LogP contribution >= 0.6 is 0 Å². The van der Waals surface area contributed by atoms with Gasteiger partial charge in [-0.3, -0.25) is 4.39 Å². The summed E-state index contributed by atoms with van der Waals surface area (Å²) in [6.45, 7) is 5.38. The van der Waals surface area contributed by atoms with Crippen LogP contribution in [-0.2, 0) is 0 Å². The predicted molar refractivity (Wildman–Crippen MR) is 40.2 cm³/mol. The van der Waals surface area contributed by atoms with Crippen LogP contribution in [0.4, 0.5) is 8.87 Å². The number of hydrogen-bond donors (Lipinski definition) is 0. The van der Waals surface area contributed by atoms with E-state index in [1.165, 1.54) is 14.1 Å². The molecule has 1 nitrogen and oxygen atoms in total. The molecule has 0 atom stereocenters. The van der Waals surface area contributed by atoms with Crippen molar-refractivity contribution in [1.29, 1.82) is 0 Å². The monoisotopic (exact) mass is 153 g/mol. The van der Waals surface area contributed by atoms with Crippen LogP contribution in [0.1, 0.15) is 20.8 Å². The summed E-state index contributed by atoms with van der Waals surface area (Å²) in [5.41, 5.74) is -0.125. The van der Waals surface area contributed by atoms with Crippen molar-refractivity contribution in [1.82, 2.24) is 5.12 Å². The van der Waals surface area contributed by atoms with Crippen molar-refractivity contribution < 1.29 is 8.87 Å². The van der Waals surface area contributed by atoms with E-state index < -0.39 is 0 Å². The highest BCUT2D eigenvalue weighted by atomic mass is 19.2. The minimum absolute atomic E-state index is 0.125. The van der Waals surface area contributed by atoms with Crippen molar-refractivity contribution in [3.63, 3.8) is 0 Å². The highest BCUT2D eigenvalue weighted by molar-refractivity contribution is 4.56. The number of alkyl halides is 1. The van der Waals surface area contributed by atoms with Crippen LogP contribution in [0.5, 0.6) is 0 Å². The fraction of sp³-hybridized carbons (Fsp3) is 1.00. The van der Waals surface area contributed by atoms with Crippen LogP contribution < -0.4 is 0 Å². The van der Waals surface area contributed by atoms with E-state index in [1.807, 2.05) is 20.8 Å². The minimum Gasteiger partial charge on any atom is -0.251 e. The van der Waals surface area contributed by atoms with Gasteiger partial charge in [0.25, 0.3) is 0 Å². The molecular weight excluding hydrogens is 136 g/mol. The first-order valence-corrected chi connectivity index (χ1v) is 3.18. The summed E-state index contributed by atoms with van der Waals surface area (Å²) in [5.74, 6) is 0. The van der Waals surface area contributed by atoms with Crippen LogP contribution in [0, 0.1) is 5.41 Å². The summed E-state index contributed by atoms with van der Waals surface area (Å²) in [5, 5.41) is 0.500. The van der Waals surface area contributed by atoms with E-state index in [0.29, 0.717) is 5.12 Å². The van der Waals surface area contributed by atoms with Crippen LogP contribution in [0.25, 0.3) is 0 Å². The number of nitrogens with zero attached hydrogens (tertiary/aromatic N) is 1. The van der Waals surface area contributed by atoms with Gasteiger partial charge in [0.15, 0.2) is 0 Å². The van der Waals surface area contributed by atoms with Gasteiger partial charge in [0, 0.05) is 14.1 Å². The van der Waals surface area contributed by atoms with Gasteiger partial charge in [0.05, 0.1) is 6.67 Å². The molecule has 0 saturated carbocycles. The second kappa shape index (κ2) is 5.59. The maximum absolute atomic E-state index is 11.5. The molecule has 0 radical (unpaired) electrons. The smallest absolute Gasteiger partial charge is 0.0942 e. The fourth-order valence-electron chi connectivity index (χ4n) is 0. The van der Waals surface area contributed by atoms with Gasteiger partial charge in [-0.25, -0.2) is 0 Å². The van der Waals surface area contributed by atoms with Crippen molar-refractivity contribution in [2.45, 2.75) is 20.8 Å². The minimum atomic E-state index is -0.229. The van der Waals surface area contributed by atoms with Gasteiger partial charge in [-0.05, 0) is 5.41 Å². The maximum Gasteiger partial charge on any atom is 0.0942 e. The molecule has 0 saturated heterocycles. The quantitative estimate of drug-likeness (QED) is 0.483. The van der Waals surface area contributed by atoms with E-state index in [4.69, 9.17) is 0 Å². The van der Waals surface area contributed by atoms with Crippen LogP contribution in [-0.4, -0.2) is 25.9 Å². The molecule has 0 aromatic rings. The lowest BCUT2D eigenvalue weighted by atomic mass is 10.00. The fourth-order valence-corrected chi connectivity index (χ4v) is 0. The molecule has 0 rings (SSSR count). The molecule has 0 unspecified atom stereocenters. The molecule has 0 aliphatic carbocycles. The third kappa shape index (κ3) is 45.7. The Kier molecular flexibility index (Phi) is 6.99. The van der Waals surface area contributed by atoms with E-state index in [1.54, 1.807) is 0 Å². The average molecular weight is 153 g/mol. The first kappa shape index (κ1) is 12.5. The molecule has 0 heterocycles. The molecule has 0 bridgehead atoms. The van der Waals surface area contributed by atoms with Gasteiger partial charge in [0.2, 0.25) is 0 Å². The molecule has 0 N–H and O–H groups in total. The SMILES string of the molecule is CC(C)(C)CF.CN(C)F. The molecule has 0 aromatic carbocycles. The second-order valence-electron chi connectivity index (χ2n) is 3.48. The first-order chi connectivity index (χ1) is 4.29. The Bertz CT molecular complexity index is 63.7. The van der Waals surface area contributed by atoms with Gasteiger partial charge in [0.1, 0.15) is 0 Å². The molecule has 0 fully saturated rings. The largest absolute Gasteiger partial charge is 0.251 e. The van der Waals surface area contributed by atoms with Crippen LogP contribution in [0.15, 0.2) is 0 Å². The summed E-state index contributed by atoms with van der Waals surface area (Å²) in [4.78, 5) is 0. The Morgan fingerprint density at radius 1 is 1.20 bits per heavy atom. The zero-order valence-electron chi connectivity index (χ0n) is 7.41. The van der Waals surface area contributed by atoms with Crippen molar-refractivity contribution in [2.75, 3.05) is 20.8 Å². The van der Waals surface area contributed by atoms with E-state index in [9.17, 15) is 8.87 Å². The zero-order chi connectivity index (χ0) is 8.78. The van der Waals surface area contributed by atoms with Crippen LogP contribution in [0.2, 0.25) is 0 Å². The number of rotatable bonds is 0. The van der Waals surface area contributed by atoms with Crippen molar-refractivity contribution in [3.8, 4) is 0 Å². The van der Waals surface area contributed by atoms with Crippen molar-refractivity contribution >= 4 is 0 Å². The number of halogens is 2. The summed E-state index contributed by atoms with van der Waals surface area (Å²) in [6, 6.07) is 0. The molecule has 0 spiro atoms. The Hall–Kier alpha value is -0.180. The highest BCUT2D eigenvalue weighted by Crippen LogP contribution is 2.11. The summed E-state index contributed by atoms with van der Waals surface area (Å²) in [7, 11) is 2.67. The van der Waals surface area contributed by atoms with Gasteiger partial charge in [-0.2, -0.15) is 5.12 Å². The topological polar surface area (TPSA) is 3.24 Å². The number of hydrogen-bond acceptors (Lipinski definition) is 1. The Morgan fingerprint density at radius 2 is 1.30 bits per heavy atom. The molecule has 0 aromatic heterocycles. The van der Waals surface area contributed by atoms with E-state index in [0.717, 1.165) is 0 Å². The van der Waals surface area contributed by atoms with Gasteiger partial charge >= 0.3 is 0 Å². The van der Waals surface area contributed by atoms with Crippen molar-refractivity contribution in [2.24, 2.45) is 5.41 Å². The third-order valence-electron chi connectivity index (χ3n) is 0.401. The average Bonchev–Trinajstić information content (AvgIpc) is 1.63. The molecule has 0 amide bonds. The van der Waals surface area contributed by atoms with E-state index in [-0.39, 0.29) is 12.1 Å². The second-order valence-corrected chi connectivity index (χ2v) is 3.48. The van der Waals surface area contributed by atoms with Crippen LogP contribution in [0.3, 0.4) is 0 Å². The third-order valence-corrected chi connectivity index (χ3v) is 0.401. The maximum atomic E-state index is 11.5. The molecule has 10 heavy (non-hydrogen) atoms. The lowest BCUT2D eigenvalue weighted by Gasteiger charge is -2.09. The standard InChI is InChI=1S/C5H11F.C2H6FN/c1-5(2,3)4-6;1-4(2)3/h4H2,1-3H3;1-2H3. The Morgan fingerprint density at radius 3 is 1.30 bits per heavy atom. The van der Waals surface area contributed by atoms with Gasteiger partial charge < -0.3 is 0 Å². The van der Waals surface area contributed by atoms with Gasteiger partial charge in [-0.1, -0.05) is 20.8 Å². The summed E-state index contributed by atoms with van der Waals surface area (Å²) in [6.07, 6.45) is 0. The molecular formula is C7H17F2N. The molecule has 0 aliphatic rings. The normalized spacial score (nSPS) is 10.8. The molecule has 64 valence electrons. The van der Waals surface area contributed by atoms with E-state index >= 15 is 0 Å². The Balaban J connectivity index is 0. The summed E-state index contributed by atoms with van der Waals surface area (Å²) >= 11 is 0.